The molecular weight excluding hydrogens is 262 g/mol. The second-order valence-electron chi connectivity index (χ2n) is 5.88. The van der Waals surface area contributed by atoms with Crippen molar-refractivity contribution < 1.29 is 8.42 Å². The molecule has 112 valence electrons. The van der Waals surface area contributed by atoms with Gasteiger partial charge in [0.15, 0.2) is 0 Å². The Balaban J connectivity index is 1.81. The largest absolute Gasteiger partial charge is 0.317 e. The Hall–Kier alpha value is -0.170. The number of hydrogen-bond donors (Lipinski definition) is 1. The van der Waals surface area contributed by atoms with Gasteiger partial charge in [-0.2, -0.15) is 17.0 Å². The van der Waals surface area contributed by atoms with Crippen LogP contribution >= 0.6 is 0 Å². The zero-order valence-corrected chi connectivity index (χ0v) is 13.0. The summed E-state index contributed by atoms with van der Waals surface area (Å²) in [6.45, 7) is 6.15. The third kappa shape index (κ3) is 4.15. The molecule has 0 bridgehead atoms. The molecule has 0 aromatic carbocycles. The smallest absolute Gasteiger partial charge is 0.281 e. The average Bonchev–Trinajstić information content (AvgIpc) is 3.20. The van der Waals surface area contributed by atoms with Gasteiger partial charge < -0.3 is 5.32 Å². The zero-order valence-electron chi connectivity index (χ0n) is 12.1. The van der Waals surface area contributed by atoms with Crippen molar-refractivity contribution in [3.8, 4) is 0 Å². The predicted octanol–water partition coefficient (Wildman–Crippen LogP) is 0.895. The highest BCUT2D eigenvalue weighted by molar-refractivity contribution is 7.86. The summed E-state index contributed by atoms with van der Waals surface area (Å²) < 4.78 is 28.0. The molecule has 5 nitrogen and oxygen atoms in total. The molecule has 0 radical (unpaired) electrons. The van der Waals surface area contributed by atoms with E-state index >= 15 is 0 Å². The topological polar surface area (TPSA) is 52.7 Å². The van der Waals surface area contributed by atoms with E-state index in [1.807, 2.05) is 0 Å². The molecule has 19 heavy (non-hydrogen) atoms. The lowest BCUT2D eigenvalue weighted by Crippen LogP contribution is -2.47. The van der Waals surface area contributed by atoms with Crippen LogP contribution in [0, 0.1) is 11.8 Å². The molecule has 0 aromatic heterocycles. The van der Waals surface area contributed by atoms with Gasteiger partial charge >= 0.3 is 0 Å². The van der Waals surface area contributed by atoms with Crippen molar-refractivity contribution in [1.29, 1.82) is 0 Å². The minimum Gasteiger partial charge on any atom is -0.317 e. The molecule has 1 N–H and O–H groups in total. The highest BCUT2D eigenvalue weighted by atomic mass is 32.2. The number of rotatable bonds is 7. The van der Waals surface area contributed by atoms with Crippen molar-refractivity contribution >= 4 is 10.2 Å². The van der Waals surface area contributed by atoms with Crippen LogP contribution in [0.1, 0.15) is 32.6 Å². The third-order valence-corrected chi connectivity index (χ3v) is 6.14. The lowest BCUT2D eigenvalue weighted by molar-refractivity contribution is 0.253. The molecule has 1 saturated carbocycles. The maximum absolute atomic E-state index is 12.4. The van der Waals surface area contributed by atoms with Gasteiger partial charge in [-0.1, -0.05) is 6.92 Å². The van der Waals surface area contributed by atoms with Crippen LogP contribution < -0.4 is 5.32 Å². The van der Waals surface area contributed by atoms with Gasteiger partial charge in [0.2, 0.25) is 0 Å². The van der Waals surface area contributed by atoms with Crippen molar-refractivity contribution in [3.05, 3.63) is 0 Å². The van der Waals surface area contributed by atoms with E-state index in [4.69, 9.17) is 0 Å². The van der Waals surface area contributed by atoms with Crippen molar-refractivity contribution in [2.24, 2.45) is 11.8 Å². The van der Waals surface area contributed by atoms with Crippen LogP contribution in [0.25, 0.3) is 0 Å². The van der Waals surface area contributed by atoms with Gasteiger partial charge in [-0.15, -0.1) is 0 Å². The quantitative estimate of drug-likeness (QED) is 0.757. The zero-order chi connectivity index (χ0) is 13.9. The molecule has 2 fully saturated rings. The van der Waals surface area contributed by atoms with Gasteiger partial charge in [-0.05, 0) is 50.6 Å². The lowest BCUT2D eigenvalue weighted by Gasteiger charge is -2.33. The molecule has 2 aliphatic rings. The first-order valence-electron chi connectivity index (χ1n) is 7.46. The lowest BCUT2D eigenvalue weighted by atomic mass is 9.98. The van der Waals surface area contributed by atoms with Crippen LogP contribution in [-0.4, -0.2) is 56.8 Å². The molecule has 1 heterocycles. The molecule has 6 heteroatoms. The van der Waals surface area contributed by atoms with Crippen molar-refractivity contribution in [1.82, 2.24) is 13.9 Å². The van der Waals surface area contributed by atoms with Crippen LogP contribution in [0.2, 0.25) is 0 Å². The first-order valence-corrected chi connectivity index (χ1v) is 8.86. The van der Waals surface area contributed by atoms with E-state index in [2.05, 4.69) is 12.2 Å². The fourth-order valence-corrected chi connectivity index (χ4v) is 4.11. The number of nitrogens with one attached hydrogen (secondary N) is 1. The Bertz CT molecular complexity index is 373. The number of nitrogens with zero attached hydrogens (tertiary/aromatic N) is 2. The molecule has 2 rings (SSSR count). The van der Waals surface area contributed by atoms with E-state index in [0.29, 0.717) is 31.5 Å². The van der Waals surface area contributed by atoms with Crippen molar-refractivity contribution in [3.63, 3.8) is 0 Å². The van der Waals surface area contributed by atoms with Gasteiger partial charge in [0.1, 0.15) is 0 Å². The summed E-state index contributed by atoms with van der Waals surface area (Å²) in [5.74, 6) is 1.23. The van der Waals surface area contributed by atoms with Gasteiger partial charge in [0.25, 0.3) is 10.2 Å². The van der Waals surface area contributed by atoms with E-state index in [9.17, 15) is 8.42 Å². The monoisotopic (exact) mass is 289 g/mol. The Morgan fingerprint density at radius 3 is 2.32 bits per heavy atom. The first-order chi connectivity index (χ1) is 9.04. The highest BCUT2D eigenvalue weighted by Gasteiger charge is 2.34. The summed E-state index contributed by atoms with van der Waals surface area (Å²) in [4.78, 5) is 0. The van der Waals surface area contributed by atoms with Gasteiger partial charge in [0.05, 0.1) is 0 Å². The molecule has 1 aliphatic carbocycles. The number of piperidine rings is 1. The normalized spacial score (nSPS) is 23.1. The molecule has 0 atom stereocenters. The number of hydrogen-bond acceptors (Lipinski definition) is 3. The van der Waals surface area contributed by atoms with Gasteiger partial charge in [0, 0.05) is 26.7 Å². The molecule has 1 saturated heterocycles. The van der Waals surface area contributed by atoms with Crippen LogP contribution in [0.3, 0.4) is 0 Å². The Morgan fingerprint density at radius 1 is 1.16 bits per heavy atom. The summed E-state index contributed by atoms with van der Waals surface area (Å²) in [6, 6.07) is 0. The van der Waals surface area contributed by atoms with Crippen LogP contribution in [-0.2, 0) is 10.2 Å². The Kier molecular flexibility index (Phi) is 5.22. The fraction of sp³-hybridized carbons (Fsp3) is 1.00. The van der Waals surface area contributed by atoms with E-state index in [1.165, 1.54) is 12.8 Å². The molecule has 0 aromatic rings. The molecule has 1 aliphatic heterocycles. The Morgan fingerprint density at radius 2 is 1.79 bits per heavy atom. The summed E-state index contributed by atoms with van der Waals surface area (Å²) in [7, 11) is -1.49. The molecule has 0 unspecified atom stereocenters. The Labute approximate surface area is 117 Å². The van der Waals surface area contributed by atoms with Crippen LogP contribution in [0.15, 0.2) is 0 Å². The summed E-state index contributed by atoms with van der Waals surface area (Å²) in [5, 5.41) is 3.35. The van der Waals surface area contributed by atoms with Gasteiger partial charge in [-0.25, -0.2) is 0 Å². The van der Waals surface area contributed by atoms with Crippen LogP contribution in [0.5, 0.6) is 0 Å². The second-order valence-corrected chi connectivity index (χ2v) is 7.92. The molecule has 0 amide bonds. The summed E-state index contributed by atoms with van der Waals surface area (Å²) in [5.41, 5.74) is 0. The highest BCUT2D eigenvalue weighted by Crippen LogP contribution is 2.30. The fourth-order valence-electron chi connectivity index (χ4n) is 2.65. The van der Waals surface area contributed by atoms with Crippen molar-refractivity contribution in [2.45, 2.75) is 32.6 Å². The third-order valence-electron chi connectivity index (χ3n) is 4.19. The summed E-state index contributed by atoms with van der Waals surface area (Å²) in [6.07, 6.45) is 4.32. The van der Waals surface area contributed by atoms with E-state index in [1.54, 1.807) is 15.7 Å². The minimum absolute atomic E-state index is 0.603. The minimum atomic E-state index is -3.21. The SMILES string of the molecule is CCNCC1CCN(S(=O)(=O)N(C)CC2CC2)CC1. The predicted molar refractivity (Wildman–Crippen MR) is 77.1 cm³/mol. The summed E-state index contributed by atoms with van der Waals surface area (Å²) >= 11 is 0. The first kappa shape index (κ1) is 15.2. The molecule has 0 spiro atoms. The second kappa shape index (κ2) is 6.52. The van der Waals surface area contributed by atoms with E-state index < -0.39 is 10.2 Å². The van der Waals surface area contributed by atoms with Gasteiger partial charge in [-0.3, -0.25) is 0 Å². The molecular formula is C13H27N3O2S. The van der Waals surface area contributed by atoms with E-state index in [0.717, 1.165) is 25.9 Å². The standard InChI is InChI=1S/C13H27N3O2S/c1-3-14-10-12-6-8-16(9-7-12)19(17,18)15(2)11-13-4-5-13/h12-14H,3-11H2,1-2H3. The van der Waals surface area contributed by atoms with Crippen molar-refractivity contribution in [2.75, 3.05) is 39.8 Å². The average molecular weight is 289 g/mol. The maximum atomic E-state index is 12.4. The maximum Gasteiger partial charge on any atom is 0.281 e. The van der Waals surface area contributed by atoms with E-state index in [-0.39, 0.29) is 0 Å². The van der Waals surface area contributed by atoms with Crippen LogP contribution in [0.4, 0.5) is 0 Å².